The summed E-state index contributed by atoms with van der Waals surface area (Å²) in [6.45, 7) is 0. The fourth-order valence-electron chi connectivity index (χ4n) is 10.6. The van der Waals surface area contributed by atoms with Crippen LogP contribution in [-0.2, 0) is 9.84 Å². The summed E-state index contributed by atoms with van der Waals surface area (Å²) in [7, 11) is -3.27. The van der Waals surface area contributed by atoms with Gasteiger partial charge in [0.05, 0.1) is 59.1 Å². The van der Waals surface area contributed by atoms with E-state index in [2.05, 4.69) is 161 Å². The Hall–Kier alpha value is -10.8. The molecule has 14 aromatic rings. The standard InChI is InChI=1S/C32H26N6O3S.C25H18BrN5O.C7H4BrIN2.C7H5BrN2.C5H5BrN2/c1-42(40,41)28-16-13-25(14-17-28)35-29-11-6-20-37-27(22-33-31(29)37)15-12-23-7-5-10-26(21-23)36-32(39)38-30(18-19-34-38)24-8-3-2-4-9-24;26-22-10-5-15-30-21(17-27-24(22)30)12-11-18-6-4-9-20(16-18)29-25(32)31-23(13-14-28-31)19-7-2-1-3-8-19;8-5-2-1-3-11-6(9)4-10-7(5)11;8-6-2-1-4-10-5-3-9-7(6)10;6-4-2-1-3-8-5(4)7/h2-11,13-14,16-17,19-22,30,35H,18H2,1H3,(H,36,39);1-10,14-17,23H,13H2,(H,29,32);1-4H;1-5H;1-3H,(H2,7,8). The molecule has 27 heteroatoms. The summed E-state index contributed by atoms with van der Waals surface area (Å²) in [5.74, 6) is 13.2. The molecule has 512 valence electrons. The van der Waals surface area contributed by atoms with E-state index in [4.69, 9.17) is 5.73 Å². The number of nitrogen functional groups attached to an aromatic ring is 1. The number of halogens is 5. The van der Waals surface area contributed by atoms with Crippen LogP contribution >= 0.6 is 86.3 Å². The van der Waals surface area contributed by atoms with Gasteiger partial charge in [-0.25, -0.2) is 52.9 Å². The number of urea groups is 2. The molecule has 21 nitrogen and oxygen atoms in total. The van der Waals surface area contributed by atoms with Crippen LogP contribution in [0.5, 0.6) is 0 Å². The second kappa shape index (κ2) is 33.8. The van der Waals surface area contributed by atoms with E-state index in [1.807, 2.05) is 225 Å². The number of nitrogens with one attached hydrogen (secondary N) is 3. The SMILES string of the molecule is Brc1cccn2c(I)cnc12.Brc1cccn2ccnc12.CS(=O)(=O)c1ccc(Nc2cccn3c(C#Cc4cccc(NC(=O)N5N=CCC5c5ccccc5)c4)cnc23)cc1.Nc1ncccc1Br.O=C(Nc1cccc(C#Cc2cnc3c(Br)cccn23)c1)N1N=CCC1c1ccccc1. The van der Waals surface area contributed by atoms with Gasteiger partial charge in [-0.1, -0.05) is 84.6 Å². The van der Waals surface area contributed by atoms with Crippen LogP contribution in [0, 0.1) is 27.4 Å². The Kier molecular flexibility index (Phi) is 23.6. The normalized spacial score (nSPS) is 13.4. The first-order valence-corrected chi connectivity index (χ1v) is 37.6. The van der Waals surface area contributed by atoms with Crippen molar-refractivity contribution in [3.63, 3.8) is 0 Å². The van der Waals surface area contributed by atoms with Crippen molar-refractivity contribution in [2.75, 3.05) is 27.9 Å². The summed E-state index contributed by atoms with van der Waals surface area (Å²) < 4.78 is 36.2. The van der Waals surface area contributed by atoms with Crippen LogP contribution in [0.2, 0.25) is 0 Å². The molecule has 4 amide bonds. The van der Waals surface area contributed by atoms with Crippen LogP contribution in [0.1, 0.15) is 58.6 Å². The maximum atomic E-state index is 13.0. The summed E-state index contributed by atoms with van der Waals surface area (Å²) in [6.07, 6.45) is 24.5. The minimum atomic E-state index is -3.27. The van der Waals surface area contributed by atoms with Crippen molar-refractivity contribution in [1.82, 2.24) is 52.5 Å². The Morgan fingerprint density at radius 2 is 0.981 bits per heavy atom. The summed E-state index contributed by atoms with van der Waals surface area (Å²) in [5, 5.41) is 20.7. The van der Waals surface area contributed by atoms with Gasteiger partial charge in [0.1, 0.15) is 20.9 Å². The Morgan fingerprint density at radius 1 is 0.485 bits per heavy atom. The molecule has 2 aliphatic rings. The molecule has 11 heterocycles. The number of aromatic nitrogens is 9. The molecule has 103 heavy (non-hydrogen) atoms. The predicted molar refractivity (Wildman–Crippen MR) is 427 cm³/mol. The van der Waals surface area contributed by atoms with Gasteiger partial charge in [0, 0.05) is 103 Å². The van der Waals surface area contributed by atoms with Crippen LogP contribution in [0.4, 0.5) is 38.2 Å². The lowest BCUT2D eigenvalue weighted by molar-refractivity contribution is 0.199. The fraction of sp³-hybridized carbons (Fsp3) is 0.0658. The molecule has 0 saturated carbocycles. The second-order valence-electron chi connectivity index (χ2n) is 22.5. The van der Waals surface area contributed by atoms with Crippen molar-refractivity contribution in [3.8, 4) is 23.7 Å². The second-order valence-corrected chi connectivity index (χ2v) is 29.1. The van der Waals surface area contributed by atoms with Gasteiger partial charge in [0.15, 0.2) is 32.4 Å². The van der Waals surface area contributed by atoms with Gasteiger partial charge in [-0.3, -0.25) is 13.2 Å². The highest BCUT2D eigenvalue weighted by Gasteiger charge is 2.30. The van der Waals surface area contributed by atoms with E-state index in [-0.39, 0.29) is 29.0 Å². The Balaban J connectivity index is 0.000000141. The summed E-state index contributed by atoms with van der Waals surface area (Å²) >= 11 is 15.8. The Labute approximate surface area is 639 Å². The van der Waals surface area contributed by atoms with Crippen molar-refractivity contribution in [2.45, 2.75) is 29.8 Å². The van der Waals surface area contributed by atoms with E-state index in [1.54, 1.807) is 61.5 Å². The van der Waals surface area contributed by atoms with E-state index in [0.717, 1.165) is 77.9 Å². The number of sulfone groups is 1. The lowest BCUT2D eigenvalue weighted by atomic mass is 10.1. The highest BCUT2D eigenvalue weighted by molar-refractivity contribution is 14.1. The van der Waals surface area contributed by atoms with Crippen molar-refractivity contribution < 1.29 is 18.0 Å². The molecular formula is C76H58Br4IN17O4S. The molecule has 2 aliphatic heterocycles. The van der Waals surface area contributed by atoms with Crippen LogP contribution < -0.4 is 21.7 Å². The minimum absolute atomic E-state index is 0.103. The first kappa shape index (κ1) is 72.0. The maximum Gasteiger partial charge on any atom is 0.342 e. The molecule has 0 aliphatic carbocycles. The largest absolute Gasteiger partial charge is 0.383 e. The number of fused-ring (bicyclic) bond motifs is 4. The number of hydrazone groups is 2. The van der Waals surface area contributed by atoms with E-state index in [9.17, 15) is 18.0 Å². The quantitative estimate of drug-likeness (QED) is 0.0863. The van der Waals surface area contributed by atoms with Crippen molar-refractivity contribution in [3.05, 3.63) is 311 Å². The van der Waals surface area contributed by atoms with Crippen LogP contribution in [0.25, 0.3) is 22.6 Å². The third-order valence-corrected chi connectivity index (χ3v) is 20.0. The Bertz CT molecular complexity index is 5680. The van der Waals surface area contributed by atoms with E-state index < -0.39 is 9.84 Å². The molecule has 2 unspecified atom stereocenters. The van der Waals surface area contributed by atoms with Gasteiger partial charge < -0.3 is 26.1 Å². The molecule has 2 atom stereocenters. The molecule has 5 aromatic carbocycles. The minimum Gasteiger partial charge on any atom is -0.383 e. The van der Waals surface area contributed by atoms with Gasteiger partial charge in [-0.05, 0) is 231 Å². The average molecular weight is 1750 g/mol. The highest BCUT2D eigenvalue weighted by atomic mass is 127. The Morgan fingerprint density at radius 3 is 1.50 bits per heavy atom. The molecule has 0 spiro atoms. The summed E-state index contributed by atoms with van der Waals surface area (Å²) in [6, 6.07) is 59.5. The number of hydrogen-bond donors (Lipinski definition) is 4. The van der Waals surface area contributed by atoms with Gasteiger partial charge in [-0.15, -0.1) is 0 Å². The average Bonchev–Trinajstić information content (AvgIpc) is 1.69. The van der Waals surface area contributed by atoms with Gasteiger partial charge in [0.2, 0.25) is 0 Å². The maximum absolute atomic E-state index is 13.0. The number of anilines is 5. The number of hydrogen-bond acceptors (Lipinski definition) is 13. The number of benzene rings is 5. The molecule has 0 fully saturated rings. The number of carbonyl (C=O) groups is 2. The molecule has 9 aromatic heterocycles. The topological polar surface area (TPSA) is 244 Å². The zero-order valence-corrected chi connectivity index (χ0v) is 63.6. The number of rotatable bonds is 7. The van der Waals surface area contributed by atoms with Crippen LogP contribution in [-0.4, -0.2) is 91.7 Å². The highest BCUT2D eigenvalue weighted by Crippen LogP contribution is 2.31. The lowest BCUT2D eigenvalue weighted by Crippen LogP contribution is -2.31. The molecule has 0 saturated heterocycles. The monoisotopic (exact) mass is 1750 g/mol. The smallest absolute Gasteiger partial charge is 0.342 e. The third-order valence-electron chi connectivity index (χ3n) is 15.5. The van der Waals surface area contributed by atoms with Crippen molar-refractivity contribution in [1.29, 1.82) is 0 Å². The first-order chi connectivity index (χ1) is 50.0. The first-order valence-electron chi connectivity index (χ1n) is 31.5. The van der Waals surface area contributed by atoms with Crippen molar-refractivity contribution >= 4 is 172 Å². The number of nitrogens with zero attached hydrogens (tertiary/aromatic N) is 13. The molecule has 0 radical (unpaired) electrons. The van der Waals surface area contributed by atoms with Crippen molar-refractivity contribution in [2.24, 2.45) is 10.2 Å². The predicted octanol–water partition coefficient (Wildman–Crippen LogP) is 17.5. The zero-order valence-electron chi connectivity index (χ0n) is 54.3. The number of carbonyl (C=O) groups excluding carboxylic acids is 2. The van der Waals surface area contributed by atoms with E-state index >= 15 is 0 Å². The number of imidazole rings is 4. The summed E-state index contributed by atoms with van der Waals surface area (Å²) in [4.78, 5) is 47.3. The fourth-order valence-corrected chi connectivity index (χ4v) is 13.3. The van der Waals surface area contributed by atoms with Crippen LogP contribution in [0.15, 0.2) is 289 Å². The van der Waals surface area contributed by atoms with Gasteiger partial charge in [0.25, 0.3) is 0 Å². The number of pyridine rings is 5. The lowest BCUT2D eigenvalue weighted by Gasteiger charge is -2.22. The van der Waals surface area contributed by atoms with Gasteiger partial charge in [-0.2, -0.15) is 10.2 Å². The zero-order chi connectivity index (χ0) is 71.8. The third kappa shape index (κ3) is 18.3. The van der Waals surface area contributed by atoms with Gasteiger partial charge >= 0.3 is 12.1 Å². The molecule has 5 N–H and O–H groups in total. The van der Waals surface area contributed by atoms with E-state index in [0.29, 0.717) is 41.4 Å². The number of nitrogens with two attached hydrogens (primary N) is 1. The molecule has 16 rings (SSSR count). The number of amides is 4. The summed E-state index contributed by atoms with van der Waals surface area (Å²) in [5.41, 5.74) is 16.6. The van der Waals surface area contributed by atoms with Crippen LogP contribution in [0.3, 0.4) is 0 Å². The molecular weight excluding hydrogens is 1690 g/mol. The molecule has 0 bridgehead atoms. The van der Waals surface area contributed by atoms with E-state index in [1.165, 1.54) is 16.3 Å².